The van der Waals surface area contributed by atoms with Crippen LogP contribution in [0.2, 0.25) is 0 Å². The van der Waals surface area contributed by atoms with Gasteiger partial charge in [0.2, 0.25) is 0 Å². The molecule has 1 heterocycles. The number of thioether (sulfide) groups is 1. The number of ether oxygens (including phenoxy) is 1. The summed E-state index contributed by atoms with van der Waals surface area (Å²) in [5.74, 6) is 1.13. The molecule has 1 aliphatic heterocycles. The van der Waals surface area contributed by atoms with Crippen LogP contribution in [0.3, 0.4) is 0 Å². The highest BCUT2D eigenvalue weighted by atomic mass is 127. The van der Waals surface area contributed by atoms with Crippen LogP contribution >= 0.6 is 34.4 Å². The van der Waals surface area contributed by atoms with Crippen LogP contribution in [0, 0.1) is 9.49 Å². The molecule has 1 amide bonds. The van der Waals surface area contributed by atoms with Crippen LogP contribution in [-0.4, -0.2) is 34.1 Å². The number of rotatable bonds is 6. The van der Waals surface area contributed by atoms with Gasteiger partial charge in [-0.25, -0.2) is 0 Å². The Morgan fingerprint density at radius 3 is 2.72 bits per heavy atom. The van der Waals surface area contributed by atoms with Crippen molar-refractivity contribution in [1.29, 1.82) is 0 Å². The van der Waals surface area contributed by atoms with Crippen molar-refractivity contribution >= 4 is 52.0 Å². The van der Waals surface area contributed by atoms with Gasteiger partial charge in [-0.3, -0.25) is 4.79 Å². The Morgan fingerprint density at radius 1 is 1.25 bits per heavy atom. The van der Waals surface area contributed by atoms with Crippen LogP contribution in [0.4, 0.5) is 5.69 Å². The standard InChI is InChI=1S/C25H29IN2O3S/c1-3-31-21-14-17(13-19(26)23(21)29)15-22-24(30)28(20-12-8-7-9-16(20)2)25(32-22)27-18-10-5-4-6-11-18/h4-6,10-11,13-16,20,25,27,29H,3,7-9,12H2,1-2H3/b22-15-/t16-,20-,25?/m0/s1. The second-order valence-electron chi connectivity index (χ2n) is 8.31. The van der Waals surface area contributed by atoms with Crippen molar-refractivity contribution < 1.29 is 14.6 Å². The summed E-state index contributed by atoms with van der Waals surface area (Å²) in [5.41, 5.74) is 1.71. The fourth-order valence-corrected chi connectivity index (χ4v) is 6.30. The zero-order valence-corrected chi connectivity index (χ0v) is 21.4. The molecule has 170 valence electrons. The minimum Gasteiger partial charge on any atom is -0.504 e. The van der Waals surface area contributed by atoms with Gasteiger partial charge in [0.1, 0.15) is 0 Å². The van der Waals surface area contributed by atoms with Crippen LogP contribution in [0.1, 0.15) is 45.1 Å². The minimum atomic E-state index is -0.149. The molecule has 7 heteroatoms. The van der Waals surface area contributed by atoms with Gasteiger partial charge in [0.15, 0.2) is 17.0 Å². The van der Waals surface area contributed by atoms with Gasteiger partial charge in [-0.15, -0.1) is 0 Å². The second-order valence-corrected chi connectivity index (χ2v) is 10.6. The molecule has 1 saturated carbocycles. The molecule has 2 aromatic carbocycles. The Bertz CT molecular complexity index is 998. The minimum absolute atomic E-state index is 0.0724. The Balaban J connectivity index is 1.67. The number of phenolic OH excluding ortho intramolecular Hbond substituents is 1. The number of benzene rings is 2. The number of hydrogen-bond donors (Lipinski definition) is 2. The van der Waals surface area contributed by atoms with Gasteiger partial charge in [-0.05, 0) is 84.2 Å². The van der Waals surface area contributed by atoms with Gasteiger partial charge >= 0.3 is 0 Å². The van der Waals surface area contributed by atoms with E-state index in [2.05, 4.69) is 39.7 Å². The maximum Gasteiger partial charge on any atom is 0.262 e. The first-order valence-corrected chi connectivity index (χ1v) is 13.1. The Morgan fingerprint density at radius 2 is 2.00 bits per heavy atom. The third-order valence-electron chi connectivity index (χ3n) is 6.07. The molecule has 2 N–H and O–H groups in total. The predicted octanol–water partition coefficient (Wildman–Crippen LogP) is 6.29. The lowest BCUT2D eigenvalue weighted by Gasteiger charge is -2.39. The highest BCUT2D eigenvalue weighted by Crippen LogP contribution is 2.43. The van der Waals surface area contributed by atoms with E-state index in [1.54, 1.807) is 17.8 Å². The molecular weight excluding hydrogens is 535 g/mol. The number of carbonyl (C=O) groups is 1. The first kappa shape index (κ1) is 23.3. The van der Waals surface area contributed by atoms with E-state index in [0.29, 0.717) is 26.7 Å². The van der Waals surface area contributed by atoms with Gasteiger partial charge in [0.05, 0.1) is 15.1 Å². The number of nitrogens with zero attached hydrogens (tertiary/aromatic N) is 1. The fraction of sp³-hybridized carbons (Fsp3) is 0.400. The van der Waals surface area contributed by atoms with Crippen LogP contribution in [0.15, 0.2) is 47.4 Å². The third kappa shape index (κ3) is 5.03. The summed E-state index contributed by atoms with van der Waals surface area (Å²) < 4.78 is 6.28. The number of para-hydroxylation sites is 1. The van der Waals surface area contributed by atoms with Gasteiger partial charge in [-0.1, -0.05) is 49.7 Å². The molecule has 1 unspecified atom stereocenters. The number of aromatic hydroxyl groups is 1. The van der Waals surface area contributed by atoms with Crippen molar-refractivity contribution in [2.24, 2.45) is 5.92 Å². The number of amides is 1. The van der Waals surface area contributed by atoms with Gasteiger partial charge < -0.3 is 20.1 Å². The molecule has 2 aliphatic rings. The Hall–Kier alpha value is -1.87. The Kier molecular flexibility index (Phi) is 7.55. The molecule has 2 aromatic rings. The summed E-state index contributed by atoms with van der Waals surface area (Å²) in [4.78, 5) is 16.4. The number of anilines is 1. The second kappa shape index (κ2) is 10.4. The van der Waals surface area contributed by atoms with E-state index in [4.69, 9.17) is 4.74 Å². The van der Waals surface area contributed by atoms with Crippen LogP contribution in [0.25, 0.3) is 6.08 Å². The molecule has 5 nitrogen and oxygen atoms in total. The molecule has 0 aromatic heterocycles. The number of hydrogen-bond acceptors (Lipinski definition) is 5. The van der Waals surface area contributed by atoms with Crippen molar-refractivity contribution in [2.75, 3.05) is 11.9 Å². The summed E-state index contributed by atoms with van der Waals surface area (Å²) in [6, 6.07) is 14.0. The maximum atomic E-state index is 13.6. The molecule has 1 saturated heterocycles. The summed E-state index contributed by atoms with van der Waals surface area (Å²) in [7, 11) is 0. The summed E-state index contributed by atoms with van der Waals surface area (Å²) in [6.45, 7) is 4.62. The zero-order valence-electron chi connectivity index (χ0n) is 18.4. The fourth-order valence-electron chi connectivity index (χ4n) is 4.46. The van der Waals surface area contributed by atoms with Crippen molar-refractivity contribution in [2.45, 2.75) is 51.1 Å². The lowest BCUT2D eigenvalue weighted by atomic mass is 9.85. The van der Waals surface area contributed by atoms with Gasteiger partial charge in [-0.2, -0.15) is 0 Å². The average molecular weight is 564 g/mol. The normalized spacial score (nSPS) is 24.7. The SMILES string of the molecule is CCOc1cc(/C=C2\SC(Nc3ccccc3)N([C@H]3CCCC[C@@H]3C)C2=O)cc(I)c1O. The first-order valence-electron chi connectivity index (χ1n) is 11.2. The lowest BCUT2D eigenvalue weighted by Crippen LogP contribution is -2.48. The maximum absolute atomic E-state index is 13.6. The number of carbonyl (C=O) groups excluding carboxylic acids is 1. The van der Waals surface area contributed by atoms with E-state index >= 15 is 0 Å². The highest BCUT2D eigenvalue weighted by Gasteiger charge is 2.42. The summed E-state index contributed by atoms with van der Waals surface area (Å²) >= 11 is 3.66. The average Bonchev–Trinajstić information content (AvgIpc) is 3.07. The quantitative estimate of drug-likeness (QED) is 0.319. The van der Waals surface area contributed by atoms with E-state index in [-0.39, 0.29) is 23.2 Å². The molecule has 0 spiro atoms. The van der Waals surface area contributed by atoms with Crippen LogP contribution in [0.5, 0.6) is 11.5 Å². The summed E-state index contributed by atoms with van der Waals surface area (Å²) in [6.07, 6.45) is 6.51. The Labute approximate surface area is 207 Å². The van der Waals surface area contributed by atoms with Crippen molar-refractivity contribution in [3.63, 3.8) is 0 Å². The molecule has 0 radical (unpaired) electrons. The van der Waals surface area contributed by atoms with Crippen molar-refractivity contribution in [3.05, 3.63) is 56.5 Å². The van der Waals surface area contributed by atoms with Crippen molar-refractivity contribution in [1.82, 2.24) is 4.90 Å². The van der Waals surface area contributed by atoms with Gasteiger partial charge in [0.25, 0.3) is 5.91 Å². The molecule has 0 bridgehead atoms. The first-order chi connectivity index (χ1) is 15.5. The van der Waals surface area contributed by atoms with Crippen molar-refractivity contribution in [3.8, 4) is 11.5 Å². The van der Waals surface area contributed by atoms with Crippen LogP contribution < -0.4 is 10.1 Å². The number of phenols is 1. The van der Waals surface area contributed by atoms with Gasteiger partial charge in [0, 0.05) is 11.7 Å². The molecule has 1 aliphatic carbocycles. The van der Waals surface area contributed by atoms with E-state index < -0.39 is 0 Å². The molecule has 3 atom stereocenters. The third-order valence-corrected chi connectivity index (χ3v) is 8.01. The topological polar surface area (TPSA) is 61.8 Å². The monoisotopic (exact) mass is 564 g/mol. The lowest BCUT2D eigenvalue weighted by molar-refractivity contribution is -0.129. The molecule has 2 fully saturated rings. The van der Waals surface area contributed by atoms with E-state index in [1.165, 1.54) is 6.42 Å². The predicted molar refractivity (Wildman–Crippen MR) is 140 cm³/mol. The molecule has 4 rings (SSSR count). The highest BCUT2D eigenvalue weighted by molar-refractivity contribution is 14.1. The van der Waals surface area contributed by atoms with E-state index in [1.807, 2.05) is 49.4 Å². The molecule has 32 heavy (non-hydrogen) atoms. The van der Waals surface area contributed by atoms with Crippen LogP contribution in [-0.2, 0) is 4.79 Å². The zero-order chi connectivity index (χ0) is 22.7. The van der Waals surface area contributed by atoms with E-state index in [0.717, 1.165) is 30.5 Å². The largest absolute Gasteiger partial charge is 0.504 e. The summed E-state index contributed by atoms with van der Waals surface area (Å²) in [5, 5.41) is 13.8. The number of halogens is 1. The smallest absolute Gasteiger partial charge is 0.262 e. The molecular formula is C25H29IN2O3S. The number of nitrogens with one attached hydrogen (secondary N) is 1. The van der Waals surface area contributed by atoms with E-state index in [9.17, 15) is 9.90 Å².